The molecule has 332 valence electrons. The van der Waals surface area contributed by atoms with Crippen molar-refractivity contribution in [3.8, 4) is 0 Å². The highest BCUT2D eigenvalue weighted by Crippen LogP contribution is 2.41. The van der Waals surface area contributed by atoms with Gasteiger partial charge in [-0.15, -0.1) is 0 Å². The van der Waals surface area contributed by atoms with Crippen molar-refractivity contribution in [1.29, 1.82) is 0 Å². The van der Waals surface area contributed by atoms with Gasteiger partial charge in [-0.05, 0) is 133 Å². The fourth-order valence-electron chi connectivity index (χ4n) is 9.20. The van der Waals surface area contributed by atoms with Crippen molar-refractivity contribution in [1.82, 2.24) is 0 Å². The van der Waals surface area contributed by atoms with Gasteiger partial charge < -0.3 is 0 Å². The molecule has 4 aromatic carbocycles. The molecule has 0 N–H and O–H groups in total. The van der Waals surface area contributed by atoms with E-state index in [1.54, 1.807) is 22.3 Å². The molecule has 0 saturated heterocycles. The van der Waals surface area contributed by atoms with E-state index in [0.29, 0.717) is 0 Å². The number of nitrogens with zero attached hydrogens (tertiary/aromatic N) is 2. The molecule has 0 bridgehead atoms. The van der Waals surface area contributed by atoms with E-state index >= 15 is 0 Å². The first kappa shape index (κ1) is 49.9. The maximum absolute atomic E-state index is 5.64. The molecule has 0 aliphatic carbocycles. The number of benzene rings is 4. The van der Waals surface area contributed by atoms with Crippen molar-refractivity contribution in [3.63, 3.8) is 0 Å². The Morgan fingerprint density at radius 3 is 0.984 bits per heavy atom. The predicted octanol–water partition coefficient (Wildman–Crippen LogP) is 17.6. The first-order valence-corrected chi connectivity index (χ1v) is 25.5. The molecule has 2 heteroatoms. The molecular weight excluding hydrogens is 737 g/mol. The zero-order valence-corrected chi connectivity index (χ0v) is 40.1. The summed E-state index contributed by atoms with van der Waals surface area (Å²) in [6.45, 7) is 14.1. The van der Waals surface area contributed by atoms with Crippen LogP contribution < -0.4 is 0 Å². The maximum atomic E-state index is 5.64. The summed E-state index contributed by atoms with van der Waals surface area (Å²) in [7, 11) is 0. The molecule has 0 atom stereocenters. The van der Waals surface area contributed by atoms with E-state index in [1.807, 2.05) is 0 Å². The highest BCUT2D eigenvalue weighted by Gasteiger charge is 2.24. The second-order valence-corrected chi connectivity index (χ2v) is 17.9. The normalized spacial score (nSPS) is 11.8. The summed E-state index contributed by atoms with van der Waals surface area (Å²) < 4.78 is 0. The number of hydrogen-bond acceptors (Lipinski definition) is 2. The van der Waals surface area contributed by atoms with E-state index in [2.05, 4.69) is 127 Å². The van der Waals surface area contributed by atoms with Crippen LogP contribution in [0.4, 0.5) is 11.4 Å². The van der Waals surface area contributed by atoms with Crippen LogP contribution in [0.25, 0.3) is 0 Å². The molecule has 4 rings (SSSR count). The predicted molar refractivity (Wildman–Crippen MR) is 272 cm³/mol. The summed E-state index contributed by atoms with van der Waals surface area (Å²) in [6.07, 6.45) is 36.4. The minimum absolute atomic E-state index is 0.851. The molecule has 4 aromatic rings. The molecule has 0 amide bonds. The molecule has 0 aliphatic heterocycles. The average molecular weight is 823 g/mol. The standard InChI is InChI=1S/C59H86N2/c1-7-13-21-35-50-45-52(37-23-15-9-3)58(60-43-41-48-31-27-19-28-32-48)56(54(50)39-25-17-11-5)47-57-55(40-26-18-12-6)51(36-22-14-8-2)46-53(38-24-16-10-4)59(57)61-44-42-49-33-29-20-30-34-49/h19-20,27-34,43-46H,7-18,21-26,35-42,47H2,1-6H3/b60-43+,61-44+. The molecule has 0 unspecified atom stereocenters. The Morgan fingerprint density at radius 1 is 0.344 bits per heavy atom. The van der Waals surface area contributed by atoms with Crippen LogP contribution in [0, 0.1) is 0 Å². The summed E-state index contributed by atoms with van der Waals surface area (Å²) in [6, 6.07) is 27.1. The van der Waals surface area contributed by atoms with Gasteiger partial charge in [0.25, 0.3) is 0 Å². The van der Waals surface area contributed by atoms with Gasteiger partial charge in [-0.2, -0.15) is 0 Å². The van der Waals surface area contributed by atoms with Crippen molar-refractivity contribution in [2.45, 2.75) is 215 Å². The van der Waals surface area contributed by atoms with Crippen molar-refractivity contribution in [2.24, 2.45) is 9.98 Å². The Kier molecular flexibility index (Phi) is 24.8. The second kappa shape index (κ2) is 30.3. The van der Waals surface area contributed by atoms with Crippen LogP contribution in [0.5, 0.6) is 0 Å². The second-order valence-electron chi connectivity index (χ2n) is 17.9. The zero-order chi connectivity index (χ0) is 43.3. The van der Waals surface area contributed by atoms with Crippen LogP contribution in [-0.4, -0.2) is 12.4 Å². The lowest BCUT2D eigenvalue weighted by Gasteiger charge is -2.25. The number of aryl methyl sites for hydroxylation is 4. The molecule has 0 spiro atoms. The van der Waals surface area contributed by atoms with Crippen LogP contribution in [0.3, 0.4) is 0 Å². The van der Waals surface area contributed by atoms with E-state index in [0.717, 1.165) is 44.9 Å². The summed E-state index contributed by atoms with van der Waals surface area (Å²) in [5, 5.41) is 0. The van der Waals surface area contributed by atoms with Crippen molar-refractivity contribution >= 4 is 23.8 Å². The van der Waals surface area contributed by atoms with Gasteiger partial charge in [0.05, 0.1) is 11.4 Å². The van der Waals surface area contributed by atoms with Crippen molar-refractivity contribution in [3.05, 3.63) is 128 Å². The van der Waals surface area contributed by atoms with E-state index in [4.69, 9.17) is 9.98 Å². The quantitative estimate of drug-likeness (QED) is 0.0346. The van der Waals surface area contributed by atoms with Crippen LogP contribution in [0.15, 0.2) is 82.8 Å². The number of aliphatic imine (C=N–C) groups is 2. The Balaban J connectivity index is 2.09. The molecule has 0 heterocycles. The lowest BCUT2D eigenvalue weighted by molar-refractivity contribution is 0.682. The van der Waals surface area contributed by atoms with Crippen molar-refractivity contribution < 1.29 is 0 Å². The lowest BCUT2D eigenvalue weighted by atomic mass is 9.81. The Morgan fingerprint density at radius 2 is 0.656 bits per heavy atom. The third kappa shape index (κ3) is 17.1. The highest BCUT2D eigenvalue weighted by molar-refractivity contribution is 5.74. The minimum atomic E-state index is 0.851. The van der Waals surface area contributed by atoms with Crippen molar-refractivity contribution in [2.75, 3.05) is 0 Å². The fraction of sp³-hybridized carbons (Fsp3) is 0.559. The molecule has 0 fully saturated rings. The molecule has 2 nitrogen and oxygen atoms in total. The molecule has 0 saturated carbocycles. The smallest absolute Gasteiger partial charge is 0.0696 e. The topological polar surface area (TPSA) is 24.7 Å². The molecule has 0 radical (unpaired) electrons. The maximum Gasteiger partial charge on any atom is 0.0696 e. The summed E-state index contributed by atoms with van der Waals surface area (Å²) >= 11 is 0. The molecule has 0 aromatic heterocycles. The Labute approximate surface area is 375 Å². The fourth-order valence-corrected chi connectivity index (χ4v) is 9.20. The number of hydrogen-bond donors (Lipinski definition) is 0. The van der Waals surface area contributed by atoms with E-state index < -0.39 is 0 Å². The van der Waals surface area contributed by atoms with Gasteiger partial charge in [0.1, 0.15) is 0 Å². The van der Waals surface area contributed by atoms with Crippen LogP contribution in [0.2, 0.25) is 0 Å². The summed E-state index contributed by atoms with van der Waals surface area (Å²) in [4.78, 5) is 11.3. The van der Waals surface area contributed by atoms with Crippen LogP contribution >= 0.6 is 0 Å². The minimum Gasteiger partial charge on any atom is -0.260 e. The van der Waals surface area contributed by atoms with Gasteiger partial charge >= 0.3 is 0 Å². The molecule has 61 heavy (non-hydrogen) atoms. The number of rotatable bonds is 32. The molecule has 0 aliphatic rings. The van der Waals surface area contributed by atoms with Gasteiger partial charge in [0, 0.05) is 31.7 Å². The van der Waals surface area contributed by atoms with Gasteiger partial charge in [0.15, 0.2) is 0 Å². The largest absolute Gasteiger partial charge is 0.260 e. The Hall–Kier alpha value is -3.78. The van der Waals surface area contributed by atoms with Gasteiger partial charge in [-0.1, -0.05) is 191 Å². The third-order valence-electron chi connectivity index (χ3n) is 12.8. The monoisotopic (exact) mass is 823 g/mol. The van der Waals surface area contributed by atoms with Crippen LogP contribution in [0.1, 0.15) is 213 Å². The number of unbranched alkanes of at least 4 members (excludes halogenated alkanes) is 12. The zero-order valence-electron chi connectivity index (χ0n) is 40.1. The summed E-state index contributed by atoms with van der Waals surface area (Å²) in [5.41, 5.74) is 17.6. The highest BCUT2D eigenvalue weighted by atomic mass is 14.7. The Bertz CT molecular complexity index is 1700. The van der Waals surface area contributed by atoms with Gasteiger partial charge in [-0.3, -0.25) is 9.98 Å². The van der Waals surface area contributed by atoms with E-state index in [9.17, 15) is 0 Å². The average Bonchev–Trinajstić information content (AvgIpc) is 3.28. The van der Waals surface area contributed by atoms with Gasteiger partial charge in [0.2, 0.25) is 0 Å². The van der Waals surface area contributed by atoms with Crippen LogP contribution in [-0.2, 0) is 57.8 Å². The first-order valence-electron chi connectivity index (χ1n) is 25.5. The third-order valence-corrected chi connectivity index (χ3v) is 12.8. The van der Waals surface area contributed by atoms with Gasteiger partial charge in [-0.25, -0.2) is 0 Å². The SMILES string of the molecule is CCCCCc1cc(CCCCC)c(/N=C/Cc2ccccc2)c(Cc2c(CCCCC)c(CCCCC)cc(CCCCC)c2/N=C/Cc2ccccc2)c1CCCCC. The first-order chi connectivity index (χ1) is 30.1. The molecular formula is C59H86N2. The summed E-state index contributed by atoms with van der Waals surface area (Å²) in [5.74, 6) is 0. The lowest BCUT2D eigenvalue weighted by Crippen LogP contribution is -2.10. The van der Waals surface area contributed by atoms with E-state index in [1.165, 1.54) is 173 Å². The van der Waals surface area contributed by atoms with E-state index in [-0.39, 0.29) is 0 Å².